The van der Waals surface area contributed by atoms with Crippen LogP contribution in [0.25, 0.3) is 0 Å². The van der Waals surface area contributed by atoms with Crippen molar-refractivity contribution >= 4 is 5.97 Å². The number of hydrogen-bond donors (Lipinski definition) is 5. The molecule has 3 fully saturated rings. The van der Waals surface area contributed by atoms with E-state index in [1.54, 1.807) is 19.1 Å². The smallest absolute Gasteiger partial charge is 0.502 e. The molecular formula is C29H32O15. The highest BCUT2D eigenvalue weighted by molar-refractivity contribution is 5.79. The Kier molecular flexibility index (Phi) is 7.06. The Morgan fingerprint density at radius 3 is 2.23 bits per heavy atom. The van der Waals surface area contributed by atoms with Crippen LogP contribution in [0.15, 0.2) is 24.3 Å². The molecule has 15 nitrogen and oxygen atoms in total. The minimum absolute atomic E-state index is 0.0149. The number of fused-ring (bicyclic) bond motifs is 4. The number of phenols is 1. The Bertz CT molecular complexity index is 1430. The van der Waals surface area contributed by atoms with Crippen LogP contribution < -0.4 is 18.9 Å². The highest BCUT2D eigenvalue weighted by Crippen LogP contribution is 2.57. The fourth-order valence-electron chi connectivity index (χ4n) is 6.82. The number of cyclic esters (lactones) is 1. The highest BCUT2D eigenvalue weighted by Gasteiger charge is 2.56. The van der Waals surface area contributed by atoms with Gasteiger partial charge in [0.25, 0.3) is 0 Å². The van der Waals surface area contributed by atoms with Crippen LogP contribution in [-0.4, -0.2) is 102 Å². The molecule has 1 aliphatic carbocycles. The van der Waals surface area contributed by atoms with Crippen LogP contribution in [0.3, 0.4) is 0 Å². The van der Waals surface area contributed by atoms with Gasteiger partial charge in [-0.05, 0) is 47.9 Å². The summed E-state index contributed by atoms with van der Waals surface area (Å²) in [5.41, 5.74) is 1.42. The molecule has 4 heterocycles. The van der Waals surface area contributed by atoms with E-state index in [1.165, 1.54) is 26.4 Å². The molecule has 0 aromatic heterocycles. The first-order valence-corrected chi connectivity index (χ1v) is 14.1. The zero-order chi connectivity index (χ0) is 31.1. The molecule has 5 N–H and O–H groups in total. The first-order chi connectivity index (χ1) is 21.0. The molecule has 0 bridgehead atoms. The number of methoxy groups -OCH3 is 2. The summed E-state index contributed by atoms with van der Waals surface area (Å²) < 4.78 is 50.2. The third-order valence-electron chi connectivity index (χ3n) is 8.80. The summed E-state index contributed by atoms with van der Waals surface area (Å²) in [6, 6.07) is 6.13. The summed E-state index contributed by atoms with van der Waals surface area (Å²) in [5, 5.41) is 52.7. The van der Waals surface area contributed by atoms with Gasteiger partial charge in [-0.2, -0.15) is 0 Å². The maximum atomic E-state index is 13.4. The molecule has 10 unspecified atom stereocenters. The number of aliphatic hydroxyl groups excluding tert-OH is 2. The molecule has 0 amide bonds. The van der Waals surface area contributed by atoms with E-state index in [0.29, 0.717) is 16.7 Å². The third kappa shape index (κ3) is 4.62. The van der Waals surface area contributed by atoms with Gasteiger partial charge in [0.1, 0.15) is 24.4 Å². The van der Waals surface area contributed by atoms with E-state index in [0.717, 1.165) is 0 Å². The fourth-order valence-corrected chi connectivity index (χ4v) is 6.82. The number of benzene rings is 2. The van der Waals surface area contributed by atoms with Gasteiger partial charge in [-0.25, -0.2) is 0 Å². The molecule has 2 aromatic carbocycles. The third-order valence-corrected chi connectivity index (χ3v) is 8.80. The summed E-state index contributed by atoms with van der Waals surface area (Å²) in [6.07, 6.45) is -10.4. The SMILES string of the molecule is COc1cc(C2c3cc4c(cc3C(OC3OC5COC(C)OC5C(O)C3O)C3COC(=O)C23)OC(O)(O)O4)cc(OC)c1O. The molecule has 2 aromatic rings. The van der Waals surface area contributed by atoms with Crippen molar-refractivity contribution in [2.75, 3.05) is 27.4 Å². The van der Waals surface area contributed by atoms with Crippen LogP contribution in [0, 0.1) is 11.8 Å². The van der Waals surface area contributed by atoms with Crippen LogP contribution in [0.2, 0.25) is 0 Å². The number of hydrogen-bond acceptors (Lipinski definition) is 15. The molecule has 10 atom stereocenters. The predicted molar refractivity (Wildman–Crippen MR) is 141 cm³/mol. The molecule has 5 aliphatic rings. The van der Waals surface area contributed by atoms with E-state index in [4.69, 9.17) is 42.6 Å². The lowest BCUT2D eigenvalue weighted by Crippen LogP contribution is -2.63. The van der Waals surface area contributed by atoms with Crippen LogP contribution in [0.5, 0.6) is 28.7 Å². The van der Waals surface area contributed by atoms with Gasteiger partial charge in [0.2, 0.25) is 5.75 Å². The van der Waals surface area contributed by atoms with E-state index >= 15 is 0 Å². The average Bonchev–Trinajstić information content (AvgIpc) is 3.52. The Morgan fingerprint density at radius 2 is 1.57 bits per heavy atom. The number of carbonyl (C=O) groups excluding carboxylic acids is 1. The topological polar surface area (TPSA) is 201 Å². The molecule has 238 valence electrons. The zero-order valence-electron chi connectivity index (χ0n) is 23.8. The fraction of sp³-hybridized carbons (Fsp3) is 0.552. The number of aliphatic hydroxyl groups is 4. The van der Waals surface area contributed by atoms with Gasteiger partial charge in [-0.3, -0.25) is 15.0 Å². The van der Waals surface area contributed by atoms with Crippen molar-refractivity contribution in [2.45, 2.75) is 62.1 Å². The van der Waals surface area contributed by atoms with Gasteiger partial charge in [0.15, 0.2) is 35.6 Å². The number of esters is 1. The van der Waals surface area contributed by atoms with Gasteiger partial charge >= 0.3 is 12.1 Å². The van der Waals surface area contributed by atoms with Crippen molar-refractivity contribution < 1.29 is 73.0 Å². The summed E-state index contributed by atoms with van der Waals surface area (Å²) in [6.45, 7) is 1.70. The normalized spacial score (nSPS) is 36.6. The maximum absolute atomic E-state index is 13.4. The highest BCUT2D eigenvalue weighted by atomic mass is 17.0. The molecule has 0 radical (unpaired) electrons. The molecule has 0 saturated carbocycles. The average molecular weight is 621 g/mol. The second-order valence-corrected chi connectivity index (χ2v) is 11.3. The van der Waals surface area contributed by atoms with Crippen LogP contribution in [-0.2, 0) is 28.5 Å². The van der Waals surface area contributed by atoms with Gasteiger partial charge in [-0.1, -0.05) is 0 Å². The Balaban J connectivity index is 1.34. The molecular weight excluding hydrogens is 588 g/mol. The standard InChI is InChI=1S/C29H32O15/c1-10-38-9-19-26(40-10)23(31)24(32)28(41-19)42-25-13-7-16-15(43-29(34,35)44-16)6-12(13)20(21-14(25)8-39-27(21)33)11-4-17(36-2)22(30)18(5-11)37-3/h4-7,10,14,19-21,23-26,28,30-32,34-35H,8-9H2,1-3H3. The second-order valence-electron chi connectivity index (χ2n) is 11.3. The molecule has 0 spiro atoms. The van der Waals surface area contributed by atoms with Gasteiger partial charge in [-0.15, -0.1) is 0 Å². The summed E-state index contributed by atoms with van der Waals surface area (Å²) in [7, 11) is 2.75. The molecule has 4 aliphatic heterocycles. The summed E-state index contributed by atoms with van der Waals surface area (Å²) in [5.74, 6) is -2.86. The second kappa shape index (κ2) is 10.6. The number of ether oxygens (including phenoxy) is 9. The van der Waals surface area contributed by atoms with E-state index < -0.39 is 73.0 Å². The monoisotopic (exact) mass is 620 g/mol. The van der Waals surface area contributed by atoms with Crippen molar-refractivity contribution in [3.8, 4) is 28.7 Å². The van der Waals surface area contributed by atoms with E-state index in [1.807, 2.05) is 0 Å². The van der Waals surface area contributed by atoms with Crippen molar-refractivity contribution in [3.63, 3.8) is 0 Å². The van der Waals surface area contributed by atoms with Crippen LogP contribution >= 0.6 is 0 Å². The molecule has 44 heavy (non-hydrogen) atoms. The Labute approximate surface area is 250 Å². The van der Waals surface area contributed by atoms with Crippen molar-refractivity contribution in [1.29, 1.82) is 0 Å². The predicted octanol–water partition coefficient (Wildman–Crippen LogP) is -0.0230. The zero-order valence-corrected chi connectivity index (χ0v) is 23.8. The van der Waals surface area contributed by atoms with Gasteiger partial charge in [0, 0.05) is 11.8 Å². The molecule has 3 saturated heterocycles. The first kappa shape index (κ1) is 29.3. The number of rotatable bonds is 5. The lowest BCUT2D eigenvalue weighted by Gasteiger charge is -2.47. The largest absolute Gasteiger partial charge is 0.505 e. The van der Waals surface area contributed by atoms with E-state index in [-0.39, 0.29) is 42.0 Å². The van der Waals surface area contributed by atoms with Crippen molar-refractivity contribution in [3.05, 3.63) is 41.0 Å². The van der Waals surface area contributed by atoms with Gasteiger partial charge in [0.05, 0.1) is 39.5 Å². The minimum atomic E-state index is -2.93. The van der Waals surface area contributed by atoms with E-state index in [9.17, 15) is 30.3 Å². The minimum Gasteiger partial charge on any atom is -0.502 e. The van der Waals surface area contributed by atoms with E-state index in [2.05, 4.69) is 0 Å². The quantitative estimate of drug-likeness (QED) is 0.220. The van der Waals surface area contributed by atoms with Crippen LogP contribution in [0.1, 0.15) is 35.6 Å². The van der Waals surface area contributed by atoms with Crippen molar-refractivity contribution in [2.24, 2.45) is 11.8 Å². The van der Waals surface area contributed by atoms with Crippen molar-refractivity contribution in [1.82, 2.24) is 0 Å². The Morgan fingerprint density at radius 1 is 0.909 bits per heavy atom. The molecule has 7 rings (SSSR count). The first-order valence-electron chi connectivity index (χ1n) is 14.1. The Hall–Kier alpha value is -3.41. The van der Waals surface area contributed by atoms with Gasteiger partial charge < -0.3 is 58.0 Å². The number of phenolic OH excluding ortho intramolecular Hbond substituents is 1. The maximum Gasteiger partial charge on any atom is 0.505 e. The van der Waals surface area contributed by atoms with Crippen LogP contribution in [0.4, 0.5) is 0 Å². The summed E-state index contributed by atoms with van der Waals surface area (Å²) >= 11 is 0. The number of aromatic hydroxyl groups is 1. The lowest BCUT2D eigenvalue weighted by molar-refractivity contribution is -0.385. The number of carbonyl (C=O) groups is 1. The molecule has 15 heteroatoms. The lowest BCUT2D eigenvalue weighted by atomic mass is 9.66. The summed E-state index contributed by atoms with van der Waals surface area (Å²) in [4.78, 5) is 13.4.